The van der Waals surface area contributed by atoms with Crippen LogP contribution in [-0.4, -0.2) is 70.7 Å². The molecule has 0 saturated carbocycles. The predicted molar refractivity (Wildman–Crippen MR) is 146 cm³/mol. The summed E-state index contributed by atoms with van der Waals surface area (Å²) in [5.41, 5.74) is 4.26. The van der Waals surface area contributed by atoms with Gasteiger partial charge in [-0.25, -0.2) is 9.97 Å². The Bertz CT molecular complexity index is 1320. The van der Waals surface area contributed by atoms with Gasteiger partial charge >= 0.3 is 0 Å². The number of rotatable bonds is 8. The van der Waals surface area contributed by atoms with Gasteiger partial charge in [0.25, 0.3) is 5.91 Å². The Balaban J connectivity index is 1.27. The van der Waals surface area contributed by atoms with Crippen LogP contribution in [0.25, 0.3) is 10.6 Å². The van der Waals surface area contributed by atoms with E-state index in [1.807, 2.05) is 50.4 Å². The van der Waals surface area contributed by atoms with Crippen LogP contribution in [0.5, 0.6) is 0 Å². The van der Waals surface area contributed by atoms with Gasteiger partial charge in [-0.1, -0.05) is 29.8 Å². The lowest BCUT2D eigenvalue weighted by atomic mass is 10.0. The van der Waals surface area contributed by atoms with E-state index in [0.717, 1.165) is 58.2 Å². The molecule has 0 aliphatic carbocycles. The van der Waals surface area contributed by atoms with E-state index in [9.17, 15) is 14.7 Å². The van der Waals surface area contributed by atoms with Gasteiger partial charge in [0.1, 0.15) is 0 Å². The van der Waals surface area contributed by atoms with Crippen molar-refractivity contribution in [1.29, 1.82) is 0 Å². The molecule has 3 N–H and O–H groups in total. The number of hydrogen-bond acceptors (Lipinski definition) is 8. The molecular formula is C28H33N5O4S. The molecule has 10 heteroatoms. The van der Waals surface area contributed by atoms with Crippen LogP contribution < -0.4 is 10.6 Å². The molecule has 1 fully saturated rings. The number of carbonyl (C=O) groups is 2. The highest BCUT2D eigenvalue weighted by Crippen LogP contribution is 2.35. The molecule has 2 aliphatic heterocycles. The van der Waals surface area contributed by atoms with Gasteiger partial charge in [-0.15, -0.1) is 11.3 Å². The van der Waals surface area contributed by atoms with Crippen LogP contribution in [0.3, 0.4) is 0 Å². The first kappa shape index (κ1) is 26.3. The lowest BCUT2D eigenvalue weighted by molar-refractivity contribution is -0.122. The predicted octanol–water partition coefficient (Wildman–Crippen LogP) is 3.26. The number of aryl methyl sites for hydroxylation is 2. The molecule has 38 heavy (non-hydrogen) atoms. The summed E-state index contributed by atoms with van der Waals surface area (Å²) in [5, 5.41) is 16.1. The normalized spacial score (nSPS) is 16.7. The minimum Gasteiger partial charge on any atom is -0.394 e. The molecule has 0 unspecified atom stereocenters. The zero-order valence-electron chi connectivity index (χ0n) is 21.7. The van der Waals surface area contributed by atoms with Crippen molar-refractivity contribution >= 4 is 29.1 Å². The molecule has 2 aliphatic rings. The Hall–Kier alpha value is -3.34. The third kappa shape index (κ3) is 5.87. The number of ether oxygens (including phenoxy) is 1. The summed E-state index contributed by atoms with van der Waals surface area (Å²) < 4.78 is 5.44. The topological polar surface area (TPSA) is 117 Å². The third-order valence-corrected chi connectivity index (χ3v) is 8.19. The first-order chi connectivity index (χ1) is 18.4. The average molecular weight is 536 g/mol. The van der Waals surface area contributed by atoms with Crippen molar-refractivity contribution in [2.75, 3.05) is 38.2 Å². The summed E-state index contributed by atoms with van der Waals surface area (Å²) in [4.78, 5) is 38.9. The molecule has 2 aromatic heterocycles. The van der Waals surface area contributed by atoms with Gasteiger partial charge in [-0.3, -0.25) is 9.59 Å². The van der Waals surface area contributed by atoms with Crippen LogP contribution in [0.4, 0.5) is 5.95 Å². The molecule has 2 amide bonds. The smallest absolute Gasteiger partial charge is 0.255 e. The van der Waals surface area contributed by atoms with Crippen LogP contribution in [-0.2, 0) is 16.0 Å². The number of nitrogens with zero attached hydrogens (tertiary/aromatic N) is 3. The van der Waals surface area contributed by atoms with Gasteiger partial charge in [0.2, 0.25) is 11.9 Å². The van der Waals surface area contributed by atoms with Crippen molar-refractivity contribution < 1.29 is 19.4 Å². The second-order valence-electron chi connectivity index (χ2n) is 9.90. The van der Waals surface area contributed by atoms with Crippen molar-refractivity contribution in [2.24, 2.45) is 0 Å². The van der Waals surface area contributed by atoms with Crippen LogP contribution in [0.1, 0.15) is 50.8 Å². The number of fused-ring (bicyclic) bond motifs is 1. The number of aliphatic hydroxyl groups excluding tert-OH is 1. The molecule has 0 radical (unpaired) electrons. The summed E-state index contributed by atoms with van der Waals surface area (Å²) in [6, 6.07) is 9.33. The molecule has 3 aromatic rings. The Morgan fingerprint density at radius 2 is 2.08 bits per heavy atom. The minimum absolute atomic E-state index is 0.0581. The Morgan fingerprint density at radius 3 is 2.84 bits per heavy atom. The van der Waals surface area contributed by atoms with Crippen LogP contribution in [0.15, 0.2) is 36.5 Å². The highest BCUT2D eigenvalue weighted by Gasteiger charge is 2.29. The largest absolute Gasteiger partial charge is 0.394 e. The van der Waals surface area contributed by atoms with Crippen LogP contribution in [0, 0.1) is 13.8 Å². The Labute approximate surface area is 226 Å². The fourth-order valence-corrected chi connectivity index (χ4v) is 6.09. The van der Waals surface area contributed by atoms with Crippen LogP contribution >= 0.6 is 11.3 Å². The summed E-state index contributed by atoms with van der Waals surface area (Å²) in [5.74, 6) is 0.126. The number of aromatic nitrogens is 2. The minimum atomic E-state index is -0.518. The highest BCUT2D eigenvalue weighted by atomic mass is 32.1. The van der Waals surface area contributed by atoms with Crippen molar-refractivity contribution in [2.45, 2.75) is 45.2 Å². The van der Waals surface area contributed by atoms with Crippen molar-refractivity contribution in [1.82, 2.24) is 20.2 Å². The second kappa shape index (κ2) is 11.6. The van der Waals surface area contributed by atoms with Gasteiger partial charge in [0.05, 0.1) is 35.3 Å². The first-order valence-electron chi connectivity index (χ1n) is 13.0. The van der Waals surface area contributed by atoms with E-state index in [4.69, 9.17) is 9.72 Å². The maximum atomic E-state index is 13.3. The van der Waals surface area contributed by atoms with Gasteiger partial charge in [-0.2, -0.15) is 0 Å². The van der Waals surface area contributed by atoms with E-state index in [0.29, 0.717) is 24.5 Å². The monoisotopic (exact) mass is 535 g/mol. The summed E-state index contributed by atoms with van der Waals surface area (Å²) in [6.45, 7) is 5.59. The number of benzene rings is 1. The van der Waals surface area contributed by atoms with Crippen molar-refractivity contribution in [3.8, 4) is 10.6 Å². The molecule has 5 rings (SSSR count). The highest BCUT2D eigenvalue weighted by molar-refractivity contribution is 7.15. The van der Waals surface area contributed by atoms with Gasteiger partial charge in [0, 0.05) is 43.3 Å². The van der Waals surface area contributed by atoms with Gasteiger partial charge in [0.15, 0.2) is 0 Å². The zero-order valence-corrected chi connectivity index (χ0v) is 22.5. The molecule has 4 heterocycles. The quantitative estimate of drug-likeness (QED) is 0.405. The maximum Gasteiger partial charge on any atom is 0.255 e. The van der Waals surface area contributed by atoms with E-state index in [1.54, 1.807) is 16.2 Å². The summed E-state index contributed by atoms with van der Waals surface area (Å²) in [7, 11) is 0. The molecule has 0 bridgehead atoms. The Morgan fingerprint density at radius 1 is 1.26 bits per heavy atom. The van der Waals surface area contributed by atoms with E-state index < -0.39 is 6.04 Å². The standard InChI is InChI=1S/C28H33N5O4S/c1-17-4-3-5-19(12-17)22(16-34)31-25(35)15-33-9-6-23-21(27(33)36)13-24(38-23)26-18(2)14-29-28(32-26)30-20-7-10-37-11-8-20/h3-5,12-14,20,22,34H,6-11,15-16H2,1-2H3,(H,31,35)(H,29,30,32)/t22-/m1/s1. The number of hydrogen-bond donors (Lipinski definition) is 3. The lowest BCUT2D eigenvalue weighted by Crippen LogP contribution is -2.45. The first-order valence-corrected chi connectivity index (χ1v) is 13.8. The number of carbonyl (C=O) groups excluding carboxylic acids is 2. The fraction of sp³-hybridized carbons (Fsp3) is 0.429. The maximum absolute atomic E-state index is 13.3. The molecule has 0 spiro atoms. The van der Waals surface area contributed by atoms with E-state index in [2.05, 4.69) is 15.6 Å². The lowest BCUT2D eigenvalue weighted by Gasteiger charge is -2.27. The third-order valence-electron chi connectivity index (χ3n) is 6.99. The molecule has 1 saturated heterocycles. The average Bonchev–Trinajstić information content (AvgIpc) is 3.36. The summed E-state index contributed by atoms with van der Waals surface area (Å²) in [6.07, 6.45) is 4.33. The molecule has 1 aromatic carbocycles. The number of thiophene rings is 1. The van der Waals surface area contributed by atoms with E-state index in [-0.39, 0.29) is 31.0 Å². The summed E-state index contributed by atoms with van der Waals surface area (Å²) >= 11 is 1.58. The van der Waals surface area contributed by atoms with Gasteiger partial charge in [-0.05, 0) is 43.9 Å². The second-order valence-corrected chi connectivity index (χ2v) is 11.0. The fourth-order valence-electron chi connectivity index (χ4n) is 4.89. The van der Waals surface area contributed by atoms with Crippen molar-refractivity contribution in [3.05, 3.63) is 63.7 Å². The number of aliphatic hydroxyl groups is 1. The molecule has 200 valence electrons. The number of amides is 2. The molecular weight excluding hydrogens is 502 g/mol. The SMILES string of the molecule is Cc1cccc([C@@H](CO)NC(=O)CN2CCc3sc(-c4nc(NC5CCOCC5)ncc4C)cc3C2=O)c1. The van der Waals surface area contributed by atoms with Crippen LogP contribution in [0.2, 0.25) is 0 Å². The molecule has 1 atom stereocenters. The number of anilines is 1. The van der Waals surface area contributed by atoms with E-state index in [1.165, 1.54) is 0 Å². The van der Waals surface area contributed by atoms with Gasteiger partial charge < -0.3 is 25.4 Å². The number of nitrogens with one attached hydrogen (secondary N) is 2. The van der Waals surface area contributed by atoms with Crippen molar-refractivity contribution in [3.63, 3.8) is 0 Å². The van der Waals surface area contributed by atoms with E-state index >= 15 is 0 Å². The Kier molecular flexibility index (Phi) is 8.01. The zero-order chi connectivity index (χ0) is 26.6. The molecule has 9 nitrogen and oxygen atoms in total.